The van der Waals surface area contributed by atoms with Gasteiger partial charge in [0.15, 0.2) is 0 Å². The second-order valence-electron chi connectivity index (χ2n) is 2.49. The maximum atomic E-state index is 8.85. The van der Waals surface area contributed by atoms with Gasteiger partial charge in [0.1, 0.15) is 0 Å². The Kier molecular flexibility index (Phi) is 3.30. The van der Waals surface area contributed by atoms with E-state index in [9.17, 15) is 0 Å². The van der Waals surface area contributed by atoms with Gasteiger partial charge in [-0.3, -0.25) is 0 Å². The molecule has 1 nitrogen and oxygen atoms in total. The van der Waals surface area contributed by atoms with Crippen molar-refractivity contribution in [1.82, 2.24) is 0 Å². The molecule has 0 heterocycles. The molecule has 0 atom stereocenters. The molecule has 0 amide bonds. The zero-order valence-corrected chi connectivity index (χ0v) is 6.90. The van der Waals surface area contributed by atoms with E-state index in [0.717, 1.165) is 11.1 Å². The van der Waals surface area contributed by atoms with Crippen LogP contribution in [0, 0.1) is 0 Å². The van der Waals surface area contributed by atoms with Gasteiger partial charge in [-0.2, -0.15) is 0 Å². The Balaban J connectivity index is 2.86. The van der Waals surface area contributed by atoms with Gasteiger partial charge < -0.3 is 5.11 Å². The van der Waals surface area contributed by atoms with E-state index in [1.165, 1.54) is 0 Å². The molecule has 0 radical (unpaired) electrons. The lowest BCUT2D eigenvalue weighted by Gasteiger charge is -1.96. The Labute approximate surface area is 72.7 Å². The zero-order chi connectivity index (χ0) is 8.81. The normalized spacial score (nSPS) is 11.2. The Morgan fingerprint density at radius 1 is 1.33 bits per heavy atom. The van der Waals surface area contributed by atoms with E-state index in [0.29, 0.717) is 0 Å². The van der Waals surface area contributed by atoms with Gasteiger partial charge in [0.05, 0.1) is 6.61 Å². The van der Waals surface area contributed by atoms with Crippen molar-refractivity contribution in [3.05, 3.63) is 54.1 Å². The lowest BCUT2D eigenvalue weighted by atomic mass is 10.1. The first-order valence-corrected chi connectivity index (χ1v) is 3.85. The molecule has 0 unspecified atom stereocenters. The highest BCUT2D eigenvalue weighted by Crippen LogP contribution is 2.06. The summed E-state index contributed by atoms with van der Waals surface area (Å²) in [5.41, 5.74) is 1.92. The fourth-order valence-corrected chi connectivity index (χ4v) is 0.932. The van der Waals surface area contributed by atoms with Crippen LogP contribution < -0.4 is 0 Å². The van der Waals surface area contributed by atoms with Crippen LogP contribution in [0.4, 0.5) is 0 Å². The minimum absolute atomic E-state index is 0.0401. The van der Waals surface area contributed by atoms with E-state index in [4.69, 9.17) is 5.11 Å². The Bertz CT molecular complexity index is 272. The third kappa shape index (κ3) is 2.36. The van der Waals surface area contributed by atoms with Crippen molar-refractivity contribution < 1.29 is 5.11 Å². The van der Waals surface area contributed by atoms with Gasteiger partial charge >= 0.3 is 0 Å². The van der Waals surface area contributed by atoms with Crippen LogP contribution in [-0.4, -0.2) is 11.7 Å². The van der Waals surface area contributed by atoms with Gasteiger partial charge in [0.2, 0.25) is 0 Å². The summed E-state index contributed by atoms with van der Waals surface area (Å²) in [6, 6.07) is 9.86. The minimum atomic E-state index is 0.0401. The van der Waals surface area contributed by atoms with E-state index in [2.05, 4.69) is 6.58 Å². The first kappa shape index (κ1) is 8.75. The number of rotatable bonds is 3. The van der Waals surface area contributed by atoms with Crippen molar-refractivity contribution in [2.45, 2.75) is 0 Å². The van der Waals surface area contributed by atoms with Gasteiger partial charge in [-0.1, -0.05) is 43.0 Å². The monoisotopic (exact) mass is 160 g/mol. The molecule has 62 valence electrons. The molecule has 0 saturated heterocycles. The highest BCUT2D eigenvalue weighted by atomic mass is 16.3. The molecule has 0 saturated carbocycles. The van der Waals surface area contributed by atoms with Crippen molar-refractivity contribution >= 4 is 6.08 Å². The van der Waals surface area contributed by atoms with Gasteiger partial charge in [-0.25, -0.2) is 0 Å². The topological polar surface area (TPSA) is 20.2 Å². The van der Waals surface area contributed by atoms with Crippen LogP contribution in [0.5, 0.6) is 0 Å². The van der Waals surface area contributed by atoms with Crippen molar-refractivity contribution in [2.24, 2.45) is 0 Å². The highest BCUT2D eigenvalue weighted by Gasteiger charge is 1.88. The molecule has 1 rings (SSSR count). The second-order valence-corrected chi connectivity index (χ2v) is 2.49. The average Bonchev–Trinajstić information content (AvgIpc) is 2.16. The molecule has 0 spiro atoms. The molecule has 0 fully saturated rings. The third-order valence-electron chi connectivity index (χ3n) is 1.60. The molecule has 0 aromatic heterocycles. The van der Waals surface area contributed by atoms with E-state index in [1.54, 1.807) is 6.08 Å². The largest absolute Gasteiger partial charge is 0.392 e. The smallest absolute Gasteiger partial charge is 0.0681 e. The van der Waals surface area contributed by atoms with Crippen molar-refractivity contribution in [3.8, 4) is 0 Å². The molecular weight excluding hydrogens is 148 g/mol. The summed E-state index contributed by atoms with van der Waals surface area (Å²) in [6.45, 7) is 3.64. The highest BCUT2D eigenvalue weighted by molar-refractivity contribution is 5.55. The van der Waals surface area contributed by atoms with Crippen molar-refractivity contribution in [1.29, 1.82) is 0 Å². The molecule has 0 aliphatic carbocycles. The van der Waals surface area contributed by atoms with E-state index >= 15 is 0 Å². The SMILES string of the molecule is C=CC(=Cc1ccccc1)CO. The Hall–Kier alpha value is -1.34. The average molecular weight is 160 g/mol. The molecular formula is C11H12O. The quantitative estimate of drug-likeness (QED) is 0.672. The van der Waals surface area contributed by atoms with Crippen LogP contribution >= 0.6 is 0 Å². The number of aliphatic hydroxyl groups is 1. The first-order valence-electron chi connectivity index (χ1n) is 3.85. The molecule has 1 heteroatoms. The summed E-state index contributed by atoms with van der Waals surface area (Å²) in [5, 5.41) is 8.85. The molecule has 0 aliphatic rings. The summed E-state index contributed by atoms with van der Waals surface area (Å²) in [5.74, 6) is 0. The summed E-state index contributed by atoms with van der Waals surface area (Å²) in [4.78, 5) is 0. The number of aliphatic hydroxyl groups excluding tert-OH is 1. The van der Waals surface area contributed by atoms with Crippen LogP contribution in [0.15, 0.2) is 48.6 Å². The van der Waals surface area contributed by atoms with Crippen molar-refractivity contribution in [3.63, 3.8) is 0 Å². The van der Waals surface area contributed by atoms with E-state index in [-0.39, 0.29) is 6.61 Å². The standard InChI is InChI=1S/C11H12O/c1-2-10(9-12)8-11-6-4-3-5-7-11/h2-8,12H,1,9H2. The number of hydrogen-bond acceptors (Lipinski definition) is 1. The van der Waals surface area contributed by atoms with Crippen LogP contribution in [0.25, 0.3) is 6.08 Å². The maximum Gasteiger partial charge on any atom is 0.0681 e. The minimum Gasteiger partial charge on any atom is -0.392 e. The predicted molar refractivity (Wildman–Crippen MR) is 51.7 cm³/mol. The van der Waals surface area contributed by atoms with Gasteiger partial charge in [0, 0.05) is 0 Å². The Morgan fingerprint density at radius 2 is 2.00 bits per heavy atom. The van der Waals surface area contributed by atoms with Crippen LogP contribution in [0.2, 0.25) is 0 Å². The van der Waals surface area contributed by atoms with E-state index < -0.39 is 0 Å². The molecule has 0 bridgehead atoms. The molecule has 1 aromatic rings. The van der Waals surface area contributed by atoms with Crippen LogP contribution in [0.3, 0.4) is 0 Å². The molecule has 0 aliphatic heterocycles. The number of benzene rings is 1. The van der Waals surface area contributed by atoms with Crippen LogP contribution in [0.1, 0.15) is 5.56 Å². The van der Waals surface area contributed by atoms with Gasteiger partial charge in [-0.05, 0) is 17.2 Å². The fourth-order valence-electron chi connectivity index (χ4n) is 0.932. The summed E-state index contributed by atoms with van der Waals surface area (Å²) >= 11 is 0. The Morgan fingerprint density at radius 3 is 2.50 bits per heavy atom. The zero-order valence-electron chi connectivity index (χ0n) is 6.90. The summed E-state index contributed by atoms with van der Waals surface area (Å²) < 4.78 is 0. The molecule has 12 heavy (non-hydrogen) atoms. The molecule has 1 aromatic carbocycles. The predicted octanol–water partition coefficient (Wildman–Crippen LogP) is 2.25. The lowest BCUT2D eigenvalue weighted by molar-refractivity contribution is 0.336. The summed E-state index contributed by atoms with van der Waals surface area (Å²) in [6.07, 6.45) is 3.57. The third-order valence-corrected chi connectivity index (χ3v) is 1.60. The second kappa shape index (κ2) is 4.52. The van der Waals surface area contributed by atoms with Gasteiger partial charge in [-0.15, -0.1) is 0 Å². The van der Waals surface area contributed by atoms with E-state index in [1.807, 2.05) is 36.4 Å². The maximum absolute atomic E-state index is 8.85. The summed E-state index contributed by atoms with van der Waals surface area (Å²) in [7, 11) is 0. The fraction of sp³-hybridized carbons (Fsp3) is 0.0909. The van der Waals surface area contributed by atoms with Crippen LogP contribution in [-0.2, 0) is 0 Å². The van der Waals surface area contributed by atoms with Crippen molar-refractivity contribution in [2.75, 3.05) is 6.61 Å². The number of hydrogen-bond donors (Lipinski definition) is 1. The lowest BCUT2D eigenvalue weighted by Crippen LogP contribution is -1.84. The molecule has 1 N–H and O–H groups in total. The van der Waals surface area contributed by atoms with Gasteiger partial charge in [0.25, 0.3) is 0 Å². The first-order chi connectivity index (χ1) is 5.86.